The quantitative estimate of drug-likeness (QED) is 0.824. The molecule has 5 nitrogen and oxygen atoms in total. The summed E-state index contributed by atoms with van der Waals surface area (Å²) >= 11 is 0. The molecule has 0 radical (unpaired) electrons. The van der Waals surface area contributed by atoms with Crippen molar-refractivity contribution in [1.82, 2.24) is 10.2 Å². The number of piperidine rings is 1. The number of carboxylic acids is 1. The number of nitrogens with zero attached hydrogens (tertiary/aromatic N) is 1. The summed E-state index contributed by atoms with van der Waals surface area (Å²) in [7, 11) is 0. The molecule has 0 aromatic heterocycles. The molecule has 2 aliphatic rings. The van der Waals surface area contributed by atoms with Crippen LogP contribution in [0.3, 0.4) is 0 Å². The molecule has 1 saturated heterocycles. The normalized spacial score (nSPS) is 30.0. The van der Waals surface area contributed by atoms with Crippen LogP contribution in [0.15, 0.2) is 0 Å². The average molecular weight is 336 g/mol. The zero-order valence-corrected chi connectivity index (χ0v) is 12.9. The van der Waals surface area contributed by atoms with E-state index in [1.54, 1.807) is 0 Å². The summed E-state index contributed by atoms with van der Waals surface area (Å²) in [5.74, 6) is -1.76. The maximum Gasteiger partial charge on any atom is 0.401 e. The van der Waals surface area contributed by atoms with E-state index in [9.17, 15) is 22.8 Å². The monoisotopic (exact) mass is 336 g/mol. The van der Waals surface area contributed by atoms with Crippen molar-refractivity contribution >= 4 is 11.9 Å². The van der Waals surface area contributed by atoms with Crippen molar-refractivity contribution in [2.24, 2.45) is 11.8 Å². The second-order valence-corrected chi connectivity index (χ2v) is 6.58. The lowest BCUT2D eigenvalue weighted by Crippen LogP contribution is -2.48. The maximum atomic E-state index is 12.5. The molecular formula is C15H23F3N2O3. The highest BCUT2D eigenvalue weighted by molar-refractivity contribution is 5.79. The molecule has 1 amide bonds. The van der Waals surface area contributed by atoms with Gasteiger partial charge in [0.25, 0.3) is 0 Å². The van der Waals surface area contributed by atoms with Gasteiger partial charge in [0.1, 0.15) is 0 Å². The van der Waals surface area contributed by atoms with E-state index in [0.29, 0.717) is 45.1 Å². The molecule has 23 heavy (non-hydrogen) atoms. The Balaban J connectivity index is 1.78. The molecule has 2 rings (SSSR count). The second-order valence-electron chi connectivity index (χ2n) is 6.58. The number of alkyl halides is 3. The number of carboxylic acid groups (broad SMARTS) is 1. The third-order valence-electron chi connectivity index (χ3n) is 4.70. The van der Waals surface area contributed by atoms with Gasteiger partial charge in [-0.1, -0.05) is 0 Å². The summed E-state index contributed by atoms with van der Waals surface area (Å²) in [6.07, 6.45) is -0.766. The standard InChI is InChI=1S/C15H23F3N2O3/c16-15(17,18)9-20-7-1-2-11(8-20)13(21)19-12-5-3-10(4-6-12)14(22)23/h10-12H,1-9H2,(H,19,21)(H,22,23). The largest absolute Gasteiger partial charge is 0.481 e. The minimum Gasteiger partial charge on any atom is -0.481 e. The average Bonchev–Trinajstić information content (AvgIpc) is 2.46. The molecule has 1 unspecified atom stereocenters. The van der Waals surface area contributed by atoms with Crippen molar-refractivity contribution in [2.75, 3.05) is 19.6 Å². The fourth-order valence-electron chi connectivity index (χ4n) is 3.47. The molecule has 1 aliphatic heterocycles. The third kappa shape index (κ3) is 5.67. The van der Waals surface area contributed by atoms with Crippen LogP contribution >= 0.6 is 0 Å². The lowest BCUT2D eigenvalue weighted by atomic mass is 9.85. The number of carbonyl (C=O) groups excluding carboxylic acids is 1. The molecule has 0 aromatic rings. The third-order valence-corrected chi connectivity index (χ3v) is 4.70. The molecule has 132 valence electrons. The van der Waals surface area contributed by atoms with Gasteiger partial charge in [-0.3, -0.25) is 14.5 Å². The first-order valence-corrected chi connectivity index (χ1v) is 8.07. The Morgan fingerprint density at radius 3 is 2.30 bits per heavy atom. The minimum absolute atomic E-state index is 0.0592. The highest BCUT2D eigenvalue weighted by Gasteiger charge is 2.35. The Hall–Kier alpha value is -1.31. The lowest BCUT2D eigenvalue weighted by Gasteiger charge is -2.34. The number of nitrogens with one attached hydrogen (secondary N) is 1. The zero-order valence-electron chi connectivity index (χ0n) is 12.9. The van der Waals surface area contributed by atoms with Crippen molar-refractivity contribution in [3.8, 4) is 0 Å². The van der Waals surface area contributed by atoms with Crippen LogP contribution in [-0.4, -0.2) is 53.7 Å². The number of aliphatic carboxylic acids is 1. The fraction of sp³-hybridized carbons (Fsp3) is 0.867. The molecular weight excluding hydrogens is 313 g/mol. The first-order chi connectivity index (χ1) is 10.7. The van der Waals surface area contributed by atoms with Crippen LogP contribution in [0.4, 0.5) is 13.2 Å². The predicted molar refractivity (Wildman–Crippen MR) is 76.7 cm³/mol. The van der Waals surface area contributed by atoms with Gasteiger partial charge >= 0.3 is 12.1 Å². The molecule has 2 fully saturated rings. The minimum atomic E-state index is -4.24. The lowest BCUT2D eigenvalue weighted by molar-refractivity contribution is -0.152. The summed E-state index contributed by atoms with van der Waals surface area (Å²) in [6.45, 7) is -0.469. The van der Waals surface area contributed by atoms with E-state index < -0.39 is 24.6 Å². The van der Waals surface area contributed by atoms with E-state index in [-0.39, 0.29) is 24.4 Å². The Bertz CT molecular complexity index is 434. The van der Waals surface area contributed by atoms with Crippen LogP contribution in [0, 0.1) is 11.8 Å². The van der Waals surface area contributed by atoms with Gasteiger partial charge < -0.3 is 10.4 Å². The summed E-state index contributed by atoms with van der Waals surface area (Å²) in [6, 6.07) is -0.0592. The van der Waals surface area contributed by atoms with Crippen LogP contribution in [0.5, 0.6) is 0 Å². The Morgan fingerprint density at radius 1 is 1.09 bits per heavy atom. The fourth-order valence-corrected chi connectivity index (χ4v) is 3.47. The number of rotatable bonds is 4. The van der Waals surface area contributed by atoms with Crippen molar-refractivity contribution in [3.63, 3.8) is 0 Å². The number of amides is 1. The van der Waals surface area contributed by atoms with E-state index in [1.807, 2.05) is 0 Å². The summed E-state index contributed by atoms with van der Waals surface area (Å²) in [4.78, 5) is 24.4. The predicted octanol–water partition coefficient (Wildman–Crippen LogP) is 2.02. The highest BCUT2D eigenvalue weighted by atomic mass is 19.4. The Kier molecular flexibility index (Phi) is 5.89. The molecule has 1 saturated carbocycles. The van der Waals surface area contributed by atoms with Gasteiger partial charge in [-0.25, -0.2) is 0 Å². The zero-order chi connectivity index (χ0) is 17.0. The van der Waals surface area contributed by atoms with Gasteiger partial charge in [-0.05, 0) is 45.1 Å². The van der Waals surface area contributed by atoms with Crippen LogP contribution in [0.2, 0.25) is 0 Å². The second kappa shape index (κ2) is 7.51. The van der Waals surface area contributed by atoms with Crippen LogP contribution < -0.4 is 5.32 Å². The van der Waals surface area contributed by atoms with Crippen molar-refractivity contribution < 1.29 is 27.9 Å². The summed E-state index contributed by atoms with van der Waals surface area (Å²) < 4.78 is 37.4. The van der Waals surface area contributed by atoms with E-state index in [4.69, 9.17) is 5.11 Å². The van der Waals surface area contributed by atoms with E-state index in [1.165, 1.54) is 4.90 Å². The molecule has 1 aliphatic carbocycles. The van der Waals surface area contributed by atoms with Crippen molar-refractivity contribution in [1.29, 1.82) is 0 Å². The van der Waals surface area contributed by atoms with Gasteiger partial charge in [0.15, 0.2) is 0 Å². The van der Waals surface area contributed by atoms with E-state index in [0.717, 1.165) is 0 Å². The number of likely N-dealkylation sites (tertiary alicyclic amines) is 1. The smallest absolute Gasteiger partial charge is 0.401 e. The van der Waals surface area contributed by atoms with Crippen LogP contribution in [-0.2, 0) is 9.59 Å². The number of halogens is 3. The molecule has 8 heteroatoms. The van der Waals surface area contributed by atoms with Crippen LogP contribution in [0.1, 0.15) is 38.5 Å². The molecule has 1 atom stereocenters. The first kappa shape index (κ1) is 18.0. The molecule has 0 aromatic carbocycles. The highest BCUT2D eigenvalue weighted by Crippen LogP contribution is 2.26. The maximum absolute atomic E-state index is 12.5. The number of hydrogen-bond donors (Lipinski definition) is 2. The molecule has 0 bridgehead atoms. The van der Waals surface area contributed by atoms with Gasteiger partial charge in [-0.2, -0.15) is 13.2 Å². The first-order valence-electron chi connectivity index (χ1n) is 8.07. The van der Waals surface area contributed by atoms with Gasteiger partial charge in [0.2, 0.25) is 5.91 Å². The van der Waals surface area contributed by atoms with Crippen molar-refractivity contribution in [3.05, 3.63) is 0 Å². The molecule has 2 N–H and O–H groups in total. The topological polar surface area (TPSA) is 69.6 Å². The number of carbonyl (C=O) groups is 2. The Morgan fingerprint density at radius 2 is 1.74 bits per heavy atom. The van der Waals surface area contributed by atoms with Gasteiger partial charge in [0.05, 0.1) is 18.4 Å². The SMILES string of the molecule is O=C(O)C1CCC(NC(=O)C2CCCN(CC(F)(F)F)C2)CC1. The molecule has 1 heterocycles. The van der Waals surface area contributed by atoms with E-state index in [2.05, 4.69) is 5.32 Å². The molecule has 0 spiro atoms. The van der Waals surface area contributed by atoms with Gasteiger partial charge in [0, 0.05) is 12.6 Å². The summed E-state index contributed by atoms with van der Waals surface area (Å²) in [5, 5.41) is 11.8. The summed E-state index contributed by atoms with van der Waals surface area (Å²) in [5.41, 5.74) is 0. The van der Waals surface area contributed by atoms with Gasteiger partial charge in [-0.15, -0.1) is 0 Å². The van der Waals surface area contributed by atoms with E-state index >= 15 is 0 Å². The number of hydrogen-bond acceptors (Lipinski definition) is 3. The van der Waals surface area contributed by atoms with Crippen molar-refractivity contribution in [2.45, 2.75) is 50.7 Å². The Labute approximate surface area is 133 Å². The van der Waals surface area contributed by atoms with Crippen LogP contribution in [0.25, 0.3) is 0 Å².